The van der Waals surface area contributed by atoms with Crippen LogP contribution >= 0.6 is 0 Å². The highest BCUT2D eigenvalue weighted by atomic mass is 16.5. The zero-order valence-corrected chi connectivity index (χ0v) is 11.9. The SMILES string of the molecule is N#CC1CCCCN1C1CCOC2(CCCCC2)C1. The van der Waals surface area contributed by atoms with Crippen molar-refractivity contribution < 1.29 is 4.74 Å². The first kappa shape index (κ1) is 13.4. The van der Waals surface area contributed by atoms with Crippen LogP contribution in [0.3, 0.4) is 0 Å². The van der Waals surface area contributed by atoms with Gasteiger partial charge in [-0.2, -0.15) is 5.26 Å². The van der Waals surface area contributed by atoms with Gasteiger partial charge in [0, 0.05) is 12.6 Å². The van der Waals surface area contributed by atoms with Gasteiger partial charge in [-0.05, 0) is 51.5 Å². The quantitative estimate of drug-likeness (QED) is 0.728. The lowest BCUT2D eigenvalue weighted by Gasteiger charge is -2.48. The molecule has 2 saturated heterocycles. The Morgan fingerprint density at radius 2 is 1.89 bits per heavy atom. The van der Waals surface area contributed by atoms with Gasteiger partial charge < -0.3 is 4.74 Å². The molecule has 0 radical (unpaired) electrons. The third kappa shape index (κ3) is 2.80. The Morgan fingerprint density at radius 3 is 2.68 bits per heavy atom. The van der Waals surface area contributed by atoms with Crippen LogP contribution in [0.1, 0.15) is 64.2 Å². The first-order valence-corrected chi connectivity index (χ1v) is 8.12. The van der Waals surface area contributed by atoms with E-state index in [0.29, 0.717) is 6.04 Å². The smallest absolute Gasteiger partial charge is 0.0980 e. The van der Waals surface area contributed by atoms with E-state index in [4.69, 9.17) is 4.74 Å². The fourth-order valence-corrected chi connectivity index (χ4v) is 4.36. The van der Waals surface area contributed by atoms with E-state index in [9.17, 15) is 5.26 Å². The van der Waals surface area contributed by atoms with Crippen molar-refractivity contribution in [1.29, 1.82) is 5.26 Å². The Hall–Kier alpha value is -0.590. The van der Waals surface area contributed by atoms with Crippen molar-refractivity contribution in [1.82, 2.24) is 4.90 Å². The van der Waals surface area contributed by atoms with Gasteiger partial charge >= 0.3 is 0 Å². The summed E-state index contributed by atoms with van der Waals surface area (Å²) >= 11 is 0. The minimum Gasteiger partial charge on any atom is -0.375 e. The lowest BCUT2D eigenvalue weighted by molar-refractivity contribution is -0.128. The van der Waals surface area contributed by atoms with Crippen LogP contribution < -0.4 is 0 Å². The van der Waals surface area contributed by atoms with Crippen LogP contribution in [0.15, 0.2) is 0 Å². The molecule has 3 nitrogen and oxygen atoms in total. The summed E-state index contributed by atoms with van der Waals surface area (Å²) in [4.78, 5) is 2.50. The minimum absolute atomic E-state index is 0.164. The van der Waals surface area contributed by atoms with Crippen molar-refractivity contribution in [2.24, 2.45) is 0 Å². The lowest BCUT2D eigenvalue weighted by Crippen LogP contribution is -2.53. The zero-order valence-electron chi connectivity index (χ0n) is 11.9. The van der Waals surface area contributed by atoms with E-state index in [0.717, 1.165) is 26.0 Å². The first-order valence-electron chi connectivity index (χ1n) is 8.12. The van der Waals surface area contributed by atoms with Crippen molar-refractivity contribution in [2.45, 2.75) is 81.9 Å². The second kappa shape index (κ2) is 5.81. The molecule has 106 valence electrons. The maximum atomic E-state index is 9.37. The van der Waals surface area contributed by atoms with Gasteiger partial charge in [-0.15, -0.1) is 0 Å². The van der Waals surface area contributed by atoms with Crippen molar-refractivity contribution in [3.8, 4) is 6.07 Å². The topological polar surface area (TPSA) is 36.3 Å². The van der Waals surface area contributed by atoms with E-state index in [2.05, 4.69) is 11.0 Å². The predicted octanol–water partition coefficient (Wildman–Crippen LogP) is 3.25. The maximum absolute atomic E-state index is 9.37. The van der Waals surface area contributed by atoms with Crippen LogP contribution in [0, 0.1) is 11.3 Å². The molecule has 1 aliphatic carbocycles. The van der Waals surface area contributed by atoms with Crippen LogP contribution in [-0.4, -0.2) is 35.7 Å². The number of ether oxygens (including phenoxy) is 1. The number of hydrogen-bond acceptors (Lipinski definition) is 3. The Kier molecular flexibility index (Phi) is 4.10. The van der Waals surface area contributed by atoms with Crippen LogP contribution in [0.2, 0.25) is 0 Å². The Bertz CT molecular complexity index is 338. The van der Waals surface area contributed by atoms with E-state index in [1.54, 1.807) is 0 Å². The molecule has 0 aromatic rings. The summed E-state index contributed by atoms with van der Waals surface area (Å²) in [5.74, 6) is 0. The molecule has 3 fully saturated rings. The molecule has 0 amide bonds. The van der Waals surface area contributed by atoms with Crippen molar-refractivity contribution >= 4 is 0 Å². The van der Waals surface area contributed by atoms with E-state index in [1.165, 1.54) is 51.4 Å². The maximum Gasteiger partial charge on any atom is 0.0980 e. The molecule has 1 saturated carbocycles. The average molecular weight is 262 g/mol. The molecular weight excluding hydrogens is 236 g/mol. The van der Waals surface area contributed by atoms with Crippen LogP contribution in [-0.2, 0) is 4.74 Å². The average Bonchev–Trinajstić information content (AvgIpc) is 2.48. The van der Waals surface area contributed by atoms with E-state index in [1.807, 2.05) is 0 Å². The number of piperidine rings is 1. The molecule has 19 heavy (non-hydrogen) atoms. The summed E-state index contributed by atoms with van der Waals surface area (Å²) in [6.45, 7) is 2.03. The number of nitrogens with zero attached hydrogens (tertiary/aromatic N) is 2. The van der Waals surface area contributed by atoms with Crippen molar-refractivity contribution in [3.63, 3.8) is 0 Å². The fraction of sp³-hybridized carbons (Fsp3) is 0.938. The second-order valence-electron chi connectivity index (χ2n) is 6.62. The summed E-state index contributed by atoms with van der Waals surface area (Å²) in [5.41, 5.74) is 0.165. The normalized spacial score (nSPS) is 35.9. The van der Waals surface area contributed by atoms with Gasteiger partial charge in [-0.1, -0.05) is 19.3 Å². The molecule has 2 aliphatic heterocycles. The van der Waals surface area contributed by atoms with Gasteiger partial charge in [0.15, 0.2) is 0 Å². The Balaban J connectivity index is 1.68. The summed E-state index contributed by atoms with van der Waals surface area (Å²) in [6, 6.07) is 3.29. The van der Waals surface area contributed by atoms with E-state index >= 15 is 0 Å². The number of nitriles is 1. The summed E-state index contributed by atoms with van der Waals surface area (Å²) < 4.78 is 6.19. The van der Waals surface area contributed by atoms with Crippen molar-refractivity contribution in [2.75, 3.05) is 13.2 Å². The molecule has 0 aromatic heterocycles. The van der Waals surface area contributed by atoms with Crippen LogP contribution in [0.5, 0.6) is 0 Å². The molecule has 0 N–H and O–H groups in total. The largest absolute Gasteiger partial charge is 0.375 e. The summed E-state index contributed by atoms with van der Waals surface area (Å²) in [5, 5.41) is 9.37. The van der Waals surface area contributed by atoms with Crippen molar-refractivity contribution in [3.05, 3.63) is 0 Å². The monoisotopic (exact) mass is 262 g/mol. The molecule has 3 rings (SSSR count). The third-order valence-corrected chi connectivity index (χ3v) is 5.39. The van der Waals surface area contributed by atoms with Gasteiger partial charge in [0.2, 0.25) is 0 Å². The van der Waals surface area contributed by atoms with Gasteiger partial charge in [-0.25, -0.2) is 0 Å². The molecule has 0 aromatic carbocycles. The fourth-order valence-electron chi connectivity index (χ4n) is 4.36. The molecule has 2 heterocycles. The first-order chi connectivity index (χ1) is 9.33. The standard InChI is InChI=1S/C16H26N2O/c17-13-15-6-2-5-10-18(15)14-7-11-19-16(12-14)8-3-1-4-9-16/h14-15H,1-12H2. The molecular formula is C16H26N2O. The molecule has 2 unspecified atom stereocenters. The molecule has 2 atom stereocenters. The Morgan fingerprint density at radius 1 is 1.05 bits per heavy atom. The molecule has 1 spiro atoms. The van der Waals surface area contributed by atoms with Gasteiger partial charge in [0.05, 0.1) is 17.7 Å². The highest BCUT2D eigenvalue weighted by Gasteiger charge is 2.41. The van der Waals surface area contributed by atoms with Gasteiger partial charge in [0.25, 0.3) is 0 Å². The van der Waals surface area contributed by atoms with E-state index < -0.39 is 0 Å². The molecule has 3 aliphatic rings. The van der Waals surface area contributed by atoms with Gasteiger partial charge in [-0.3, -0.25) is 4.90 Å². The second-order valence-corrected chi connectivity index (χ2v) is 6.62. The third-order valence-electron chi connectivity index (χ3n) is 5.39. The van der Waals surface area contributed by atoms with E-state index in [-0.39, 0.29) is 11.6 Å². The predicted molar refractivity (Wildman–Crippen MR) is 74.7 cm³/mol. The molecule has 3 heteroatoms. The van der Waals surface area contributed by atoms with Gasteiger partial charge in [0.1, 0.15) is 0 Å². The van der Waals surface area contributed by atoms with Crippen LogP contribution in [0.4, 0.5) is 0 Å². The number of hydrogen-bond donors (Lipinski definition) is 0. The lowest BCUT2D eigenvalue weighted by atomic mass is 9.77. The number of likely N-dealkylation sites (tertiary alicyclic amines) is 1. The molecule has 0 bridgehead atoms. The number of rotatable bonds is 1. The highest BCUT2D eigenvalue weighted by molar-refractivity contribution is 5.00. The Labute approximate surface area is 116 Å². The summed E-state index contributed by atoms with van der Waals surface area (Å²) in [7, 11) is 0. The zero-order chi connectivity index (χ0) is 13.1. The van der Waals surface area contributed by atoms with Crippen LogP contribution in [0.25, 0.3) is 0 Å². The highest BCUT2D eigenvalue weighted by Crippen LogP contribution is 2.40. The summed E-state index contributed by atoms with van der Waals surface area (Å²) in [6.07, 6.45) is 12.4. The minimum atomic E-state index is 0.164.